The normalized spacial score (nSPS) is 21.2. The first-order valence-corrected chi connectivity index (χ1v) is 11.7. The second-order valence-corrected chi connectivity index (χ2v) is 8.96. The van der Waals surface area contributed by atoms with E-state index in [0.717, 1.165) is 21.8 Å². The second kappa shape index (κ2) is 8.48. The lowest BCUT2D eigenvalue weighted by molar-refractivity contribution is -0.122. The monoisotopic (exact) mass is 473 g/mol. The van der Waals surface area contributed by atoms with Gasteiger partial charge in [-0.3, -0.25) is 14.9 Å². The highest BCUT2D eigenvalue weighted by Gasteiger charge is 2.36. The SMILES string of the molecule is O=C1NC(=O)C2=C1c1cn(c3ccccc13)CCCO[C@H](CO)[C@H](F)Cn1cc2c2ccccc21. The van der Waals surface area contributed by atoms with Crippen LogP contribution in [-0.4, -0.2) is 51.5 Å². The number of rotatable bonds is 1. The minimum Gasteiger partial charge on any atom is -0.394 e. The summed E-state index contributed by atoms with van der Waals surface area (Å²) in [5, 5.41) is 13.9. The van der Waals surface area contributed by atoms with Gasteiger partial charge < -0.3 is 19.0 Å². The number of carbonyl (C=O) groups excluding carboxylic acids is 2. The molecule has 2 amide bonds. The molecule has 4 aromatic rings. The third-order valence-corrected chi connectivity index (χ3v) is 6.88. The van der Waals surface area contributed by atoms with E-state index in [0.29, 0.717) is 29.7 Å². The number of carbonyl (C=O) groups is 2. The van der Waals surface area contributed by atoms with Gasteiger partial charge in [0.15, 0.2) is 0 Å². The first-order valence-electron chi connectivity index (χ1n) is 11.7. The van der Waals surface area contributed by atoms with Gasteiger partial charge in [0.25, 0.3) is 11.8 Å². The molecule has 7 nitrogen and oxygen atoms in total. The van der Waals surface area contributed by atoms with E-state index in [1.807, 2.05) is 59.3 Å². The van der Waals surface area contributed by atoms with E-state index in [2.05, 4.69) is 5.32 Å². The van der Waals surface area contributed by atoms with Gasteiger partial charge in [0.1, 0.15) is 12.3 Å². The number of para-hydroxylation sites is 2. The zero-order chi connectivity index (χ0) is 24.1. The Labute approximate surface area is 200 Å². The van der Waals surface area contributed by atoms with E-state index in [1.54, 1.807) is 10.8 Å². The van der Waals surface area contributed by atoms with Crippen molar-refractivity contribution in [2.75, 3.05) is 13.2 Å². The third kappa shape index (κ3) is 3.48. The van der Waals surface area contributed by atoms with E-state index in [1.165, 1.54) is 0 Å². The van der Waals surface area contributed by atoms with E-state index >= 15 is 4.39 Å². The van der Waals surface area contributed by atoms with E-state index < -0.39 is 30.7 Å². The molecule has 0 radical (unpaired) electrons. The Morgan fingerprint density at radius 3 is 2.11 bits per heavy atom. The molecule has 178 valence electrons. The molecule has 6 rings (SSSR count). The molecule has 2 aromatic carbocycles. The summed E-state index contributed by atoms with van der Waals surface area (Å²) < 4.78 is 24.8. The number of benzene rings is 2. The number of alkyl halides is 1. The molecule has 2 N–H and O–H groups in total. The molecule has 0 saturated heterocycles. The standard InChI is InChI=1S/C27H24FN3O4/c28-20-14-31-13-19(17-7-2-4-9-22(17)31)25-24(26(33)29-27(25)34)18-12-30(10-5-11-35-23(20)15-32)21-8-3-1-6-16(18)21/h1-4,6-9,12-13,20,23,32H,5,10-11,14-15H2,(H,29,33,34)/t20-,23-/m1/s1. The van der Waals surface area contributed by atoms with Crippen LogP contribution in [0.3, 0.4) is 0 Å². The zero-order valence-corrected chi connectivity index (χ0v) is 18.9. The Morgan fingerprint density at radius 1 is 0.914 bits per heavy atom. The largest absolute Gasteiger partial charge is 0.394 e. The molecule has 0 spiro atoms. The fraction of sp³-hybridized carbons (Fsp3) is 0.259. The van der Waals surface area contributed by atoms with Crippen molar-refractivity contribution in [1.29, 1.82) is 0 Å². The Morgan fingerprint density at radius 2 is 1.49 bits per heavy atom. The van der Waals surface area contributed by atoms with Gasteiger partial charge >= 0.3 is 0 Å². The van der Waals surface area contributed by atoms with Crippen LogP contribution in [0.5, 0.6) is 0 Å². The minimum absolute atomic E-state index is 0.0540. The molecule has 2 atom stereocenters. The van der Waals surface area contributed by atoms with Crippen molar-refractivity contribution in [3.63, 3.8) is 0 Å². The van der Waals surface area contributed by atoms with Crippen LogP contribution in [0.4, 0.5) is 4.39 Å². The first-order chi connectivity index (χ1) is 17.1. The van der Waals surface area contributed by atoms with Gasteiger partial charge in [-0.25, -0.2) is 4.39 Å². The van der Waals surface area contributed by atoms with Crippen molar-refractivity contribution < 1.29 is 23.8 Å². The smallest absolute Gasteiger partial charge is 0.259 e. The van der Waals surface area contributed by atoms with Crippen molar-refractivity contribution in [3.8, 4) is 0 Å². The number of aromatic nitrogens is 2. The van der Waals surface area contributed by atoms with E-state index in [-0.39, 0.29) is 18.7 Å². The molecular formula is C27H24FN3O4. The summed E-state index contributed by atoms with van der Waals surface area (Å²) in [4.78, 5) is 26.3. The van der Waals surface area contributed by atoms with Gasteiger partial charge in [-0.05, 0) is 18.6 Å². The Bertz CT molecular complexity index is 1520. The molecule has 2 aliphatic rings. The fourth-order valence-corrected chi connectivity index (χ4v) is 5.24. The molecule has 0 aliphatic carbocycles. The van der Waals surface area contributed by atoms with Gasteiger partial charge in [0, 0.05) is 58.5 Å². The second-order valence-electron chi connectivity index (χ2n) is 8.96. The third-order valence-electron chi connectivity index (χ3n) is 6.88. The van der Waals surface area contributed by atoms with Crippen molar-refractivity contribution in [3.05, 3.63) is 72.1 Å². The molecule has 8 heteroatoms. The Kier molecular flexibility index (Phi) is 5.27. The van der Waals surface area contributed by atoms with E-state index in [9.17, 15) is 14.7 Å². The van der Waals surface area contributed by atoms with Crippen LogP contribution in [0.1, 0.15) is 17.5 Å². The van der Waals surface area contributed by atoms with Gasteiger partial charge in [0.05, 0.1) is 24.3 Å². The summed E-state index contributed by atoms with van der Waals surface area (Å²) in [6, 6.07) is 15.2. The van der Waals surface area contributed by atoms with Crippen molar-refractivity contribution in [2.45, 2.75) is 31.8 Å². The van der Waals surface area contributed by atoms with Crippen LogP contribution < -0.4 is 5.32 Å². The fourth-order valence-electron chi connectivity index (χ4n) is 5.24. The molecule has 0 unspecified atom stereocenters. The van der Waals surface area contributed by atoms with Crippen LogP contribution in [0.2, 0.25) is 0 Å². The predicted molar refractivity (Wildman–Crippen MR) is 130 cm³/mol. The average molecular weight is 474 g/mol. The quantitative estimate of drug-likeness (QED) is 0.416. The van der Waals surface area contributed by atoms with Crippen molar-refractivity contribution >= 4 is 44.8 Å². The van der Waals surface area contributed by atoms with Crippen LogP contribution in [0.15, 0.2) is 60.9 Å². The van der Waals surface area contributed by atoms with Gasteiger partial charge in [0.2, 0.25) is 0 Å². The first kappa shape index (κ1) is 21.8. The maximum Gasteiger partial charge on any atom is 0.259 e. The van der Waals surface area contributed by atoms with Gasteiger partial charge in [-0.1, -0.05) is 36.4 Å². The topological polar surface area (TPSA) is 85.5 Å². The number of amides is 2. The number of imide groups is 1. The number of hydrogen-bond donors (Lipinski definition) is 2. The molecule has 2 aromatic heterocycles. The van der Waals surface area contributed by atoms with Crippen molar-refractivity contribution in [2.24, 2.45) is 0 Å². The summed E-state index contributed by atoms with van der Waals surface area (Å²) in [5.41, 5.74) is 3.52. The van der Waals surface area contributed by atoms with Crippen LogP contribution >= 0.6 is 0 Å². The summed E-state index contributed by atoms with van der Waals surface area (Å²) in [6.45, 7) is 0.362. The van der Waals surface area contributed by atoms with Crippen LogP contribution in [0, 0.1) is 0 Å². The summed E-state index contributed by atoms with van der Waals surface area (Å²) in [5.74, 6) is -0.913. The lowest BCUT2D eigenvalue weighted by Crippen LogP contribution is -2.33. The number of aliphatic hydroxyl groups is 1. The highest BCUT2D eigenvalue weighted by molar-refractivity contribution is 6.50. The average Bonchev–Trinajstić information content (AvgIpc) is 3.49. The molecule has 2 aliphatic heterocycles. The molecule has 4 heterocycles. The number of aryl methyl sites for hydroxylation is 1. The lowest BCUT2D eigenvalue weighted by Gasteiger charge is -2.21. The number of nitrogens with one attached hydrogen (secondary N) is 1. The summed E-state index contributed by atoms with van der Waals surface area (Å²) in [7, 11) is 0. The Hall–Kier alpha value is -3.75. The highest BCUT2D eigenvalue weighted by Crippen LogP contribution is 2.39. The maximum atomic E-state index is 15.3. The number of ether oxygens (including phenoxy) is 1. The molecule has 4 bridgehead atoms. The molecule has 0 saturated carbocycles. The summed E-state index contributed by atoms with van der Waals surface area (Å²) >= 11 is 0. The zero-order valence-electron chi connectivity index (χ0n) is 18.9. The minimum atomic E-state index is -1.46. The number of nitrogens with zero attached hydrogens (tertiary/aromatic N) is 2. The number of fused-ring (bicyclic) bond motifs is 12. The highest BCUT2D eigenvalue weighted by atomic mass is 19.1. The van der Waals surface area contributed by atoms with E-state index in [4.69, 9.17) is 4.74 Å². The molecule has 0 fully saturated rings. The lowest BCUT2D eigenvalue weighted by atomic mass is 9.95. The number of hydrogen-bond acceptors (Lipinski definition) is 4. The molecule has 35 heavy (non-hydrogen) atoms. The maximum absolute atomic E-state index is 15.3. The predicted octanol–water partition coefficient (Wildman–Crippen LogP) is 3.28. The van der Waals surface area contributed by atoms with Gasteiger partial charge in [-0.15, -0.1) is 0 Å². The van der Waals surface area contributed by atoms with Crippen molar-refractivity contribution in [1.82, 2.24) is 14.5 Å². The Balaban J connectivity index is 1.65. The van der Waals surface area contributed by atoms with Gasteiger partial charge in [-0.2, -0.15) is 0 Å². The van der Waals surface area contributed by atoms with Crippen LogP contribution in [-0.2, 0) is 27.4 Å². The molecular weight excluding hydrogens is 449 g/mol. The van der Waals surface area contributed by atoms with Crippen LogP contribution in [0.25, 0.3) is 33.0 Å². The summed E-state index contributed by atoms with van der Waals surface area (Å²) in [6.07, 6.45) is 1.79. The number of halogens is 1. The number of aliphatic hydroxyl groups excluding tert-OH is 1.